The molecule has 2 aliphatic carbocycles. The number of likely N-dealkylation sites (tertiary alicyclic amines) is 1. The van der Waals surface area contributed by atoms with Crippen LogP contribution in [-0.4, -0.2) is 243 Å². The molecule has 8 heterocycles. The predicted molar refractivity (Wildman–Crippen MR) is 601 cm³/mol. The molecular weight excluding hydrogens is 1870 g/mol. The molecule has 11 aromatic carbocycles. The first-order chi connectivity index (χ1) is 70.4. The van der Waals surface area contributed by atoms with E-state index in [2.05, 4.69) is 275 Å². The van der Waals surface area contributed by atoms with Crippen molar-refractivity contribution >= 4 is 124 Å². The number of pyridine rings is 4. The second-order valence-corrected chi connectivity index (χ2v) is 40.8. The van der Waals surface area contributed by atoms with Crippen LogP contribution in [0.2, 0.25) is 25.1 Å². The molecular formula is C120H136Cl5N17O. The molecule has 5 N–H and O–H groups in total. The molecule has 0 spiro atoms. The molecule has 18 nitrogen and oxygen atoms in total. The zero-order chi connectivity index (χ0) is 97.8. The van der Waals surface area contributed by atoms with E-state index in [0.717, 1.165) is 261 Å². The molecule has 0 amide bonds. The van der Waals surface area contributed by atoms with Crippen LogP contribution in [-0.2, 0) is 6.42 Å². The Labute approximate surface area is 870 Å². The summed E-state index contributed by atoms with van der Waals surface area (Å²) < 4.78 is 5.28. The summed E-state index contributed by atoms with van der Waals surface area (Å²) in [7, 11) is 1.73. The van der Waals surface area contributed by atoms with Gasteiger partial charge in [-0.3, -0.25) is 34.6 Å². The molecule has 23 heteroatoms. The van der Waals surface area contributed by atoms with E-state index in [0.29, 0.717) is 17.1 Å². The maximum absolute atomic E-state index is 6.19. The van der Waals surface area contributed by atoms with Crippen LogP contribution < -0.4 is 31.3 Å². The summed E-state index contributed by atoms with van der Waals surface area (Å²) in [6, 6.07) is 96.3. The molecule has 742 valence electrons. The van der Waals surface area contributed by atoms with E-state index in [1.54, 1.807) is 7.11 Å². The lowest BCUT2D eigenvalue weighted by molar-refractivity contribution is 0.223. The minimum Gasteiger partial charge on any atom is -0.497 e. The van der Waals surface area contributed by atoms with E-state index in [1.807, 2.05) is 116 Å². The molecule has 21 rings (SSSR count). The Morgan fingerprint density at radius 1 is 0.350 bits per heavy atom. The summed E-state index contributed by atoms with van der Waals surface area (Å²) >= 11 is 30.7. The Morgan fingerprint density at radius 2 is 0.755 bits per heavy atom. The summed E-state index contributed by atoms with van der Waals surface area (Å²) in [5, 5.41) is 26.2. The second kappa shape index (κ2) is 51.8. The summed E-state index contributed by atoms with van der Waals surface area (Å²) in [6.07, 6.45) is 18.0. The van der Waals surface area contributed by atoms with Crippen LogP contribution in [0.4, 0.5) is 22.7 Å². The van der Waals surface area contributed by atoms with E-state index < -0.39 is 0 Å². The van der Waals surface area contributed by atoms with Gasteiger partial charge in [-0.05, 0) is 312 Å². The molecule has 2 atom stereocenters. The maximum atomic E-state index is 6.19. The van der Waals surface area contributed by atoms with E-state index >= 15 is 0 Å². The number of hydrogen-bond acceptors (Lipinski definition) is 18. The van der Waals surface area contributed by atoms with Crippen LogP contribution in [0.15, 0.2) is 298 Å². The lowest BCUT2D eigenvalue weighted by atomic mass is 9.97. The van der Waals surface area contributed by atoms with Gasteiger partial charge in [-0.15, -0.1) is 0 Å². The third-order valence-corrected chi connectivity index (χ3v) is 30.5. The van der Waals surface area contributed by atoms with Crippen LogP contribution >= 0.6 is 58.0 Å². The first-order valence-corrected chi connectivity index (χ1v) is 53.7. The largest absolute Gasteiger partial charge is 0.497 e. The lowest BCUT2D eigenvalue weighted by Gasteiger charge is -2.31. The van der Waals surface area contributed by atoms with Crippen molar-refractivity contribution in [3.05, 3.63) is 362 Å². The lowest BCUT2D eigenvalue weighted by Crippen LogP contribution is -2.35. The van der Waals surface area contributed by atoms with E-state index in [1.165, 1.54) is 132 Å². The zero-order valence-electron chi connectivity index (χ0n) is 82.7. The number of fused-ring (bicyclic) bond motifs is 10. The number of hydrogen-bond donors (Lipinski definition) is 5. The SMILES string of the molecule is CCN(CCCN1CCC(Cc2ccc(OC)cc2)C1)CCNCCCNc1ccnc2cc(Cl)ccc12.Clc1ccc(C(c2ccccc2)N2CCCN(CCCNc3ccnc4cc(Cl)ccc34)CC2)cc1.Clc1ccc2c(NCCCN3CCCN(C4c5ccccc5-c5ccccc54)CC3)ccnc2c1.Clc1ccc2c(NCCN3CCCN(C4c5ccccc5-c5ccccc54)CC3)ccnc2c1. The summed E-state index contributed by atoms with van der Waals surface area (Å²) in [5.41, 5.74) is 23.8. The molecule has 6 aliphatic rings. The molecule has 2 unspecified atom stereocenters. The number of halogens is 5. The molecule has 4 fully saturated rings. The number of nitrogens with one attached hydrogen (secondary N) is 5. The Balaban J connectivity index is 0.000000126. The Bertz CT molecular complexity index is 6510. The van der Waals surface area contributed by atoms with Crippen molar-refractivity contribution in [2.45, 2.75) is 82.8 Å². The first-order valence-electron chi connectivity index (χ1n) is 51.8. The molecule has 0 saturated carbocycles. The van der Waals surface area contributed by atoms with Gasteiger partial charge in [0, 0.05) is 205 Å². The normalized spacial score (nSPS) is 16.4. The molecule has 0 radical (unpaired) electrons. The van der Waals surface area contributed by atoms with Crippen molar-refractivity contribution in [1.29, 1.82) is 0 Å². The quantitative estimate of drug-likeness (QED) is 0.0240. The van der Waals surface area contributed by atoms with Crippen molar-refractivity contribution in [3.8, 4) is 28.0 Å². The van der Waals surface area contributed by atoms with Crippen LogP contribution in [0.1, 0.15) is 115 Å². The van der Waals surface area contributed by atoms with E-state index in [-0.39, 0.29) is 6.04 Å². The number of aromatic nitrogens is 4. The van der Waals surface area contributed by atoms with E-state index in [4.69, 9.17) is 62.7 Å². The second-order valence-electron chi connectivity index (χ2n) is 38.6. The number of likely N-dealkylation sites (N-methyl/N-ethyl adjacent to an activating group) is 1. The number of methoxy groups -OCH3 is 1. The third kappa shape index (κ3) is 27.3. The van der Waals surface area contributed by atoms with Crippen LogP contribution in [0.25, 0.3) is 65.9 Å². The third-order valence-electron chi connectivity index (χ3n) is 29.3. The number of benzene rings is 11. The Hall–Kier alpha value is -10.9. The molecule has 143 heavy (non-hydrogen) atoms. The van der Waals surface area contributed by atoms with Gasteiger partial charge in [-0.1, -0.05) is 217 Å². The highest BCUT2D eigenvalue weighted by Gasteiger charge is 2.36. The highest BCUT2D eigenvalue weighted by atomic mass is 35.5. The van der Waals surface area contributed by atoms with Gasteiger partial charge in [-0.25, -0.2) is 0 Å². The predicted octanol–water partition coefficient (Wildman–Crippen LogP) is 25.3. The van der Waals surface area contributed by atoms with Crippen molar-refractivity contribution in [3.63, 3.8) is 0 Å². The molecule has 0 bridgehead atoms. The molecule has 4 aliphatic heterocycles. The first kappa shape index (κ1) is 102. The number of rotatable bonds is 35. The van der Waals surface area contributed by atoms with Crippen molar-refractivity contribution < 1.29 is 4.74 Å². The smallest absolute Gasteiger partial charge is 0.118 e. The number of nitrogens with zero attached hydrogens (tertiary/aromatic N) is 12. The van der Waals surface area contributed by atoms with Gasteiger partial charge in [0.2, 0.25) is 0 Å². The van der Waals surface area contributed by atoms with Crippen molar-refractivity contribution in [2.24, 2.45) is 5.92 Å². The maximum Gasteiger partial charge on any atom is 0.118 e. The average Bonchev–Trinajstić information content (AvgIpc) is 1.61. The van der Waals surface area contributed by atoms with Gasteiger partial charge in [0.15, 0.2) is 0 Å². The number of ether oxygens (including phenoxy) is 1. The van der Waals surface area contributed by atoms with Gasteiger partial charge in [0.05, 0.1) is 47.3 Å². The Morgan fingerprint density at radius 3 is 1.22 bits per heavy atom. The van der Waals surface area contributed by atoms with Crippen molar-refractivity contribution in [1.82, 2.24) is 64.5 Å². The molecule has 4 aromatic heterocycles. The highest BCUT2D eigenvalue weighted by Crippen LogP contribution is 2.49. The Kier molecular flexibility index (Phi) is 37.0. The fraction of sp³-hybridized carbons (Fsp3) is 0.350. The van der Waals surface area contributed by atoms with Crippen LogP contribution in [0, 0.1) is 5.92 Å². The average molecular weight is 2010 g/mol. The van der Waals surface area contributed by atoms with Gasteiger partial charge in [0.25, 0.3) is 0 Å². The van der Waals surface area contributed by atoms with Gasteiger partial charge in [0.1, 0.15) is 5.75 Å². The van der Waals surface area contributed by atoms with Gasteiger partial charge < -0.3 is 55.8 Å². The summed E-state index contributed by atoms with van der Waals surface area (Å²) in [6.45, 7) is 31.7. The fourth-order valence-corrected chi connectivity index (χ4v) is 22.8. The monoisotopic (exact) mass is 2010 g/mol. The highest BCUT2D eigenvalue weighted by molar-refractivity contribution is 6.32. The number of anilines is 4. The standard InChI is InChI=1S/C31H44ClN5O.C30H32Cl2N4.C30H31ClN4.C29H29ClN4/c1-3-36(18-5-19-37-20-13-26(24-37)22-25-6-9-28(38-2)10-7-25)21-17-33-14-4-15-34-30-12-16-35-31-23-27(32)8-11-29(30)31;31-25-10-8-24(9-11-25)30(23-6-2-1-3-7-23)36-19-5-18-35(20-21-36)17-4-15-33-28-14-16-34-29-22-26(32)12-13-27(28)29;31-22-11-12-27-28(13-15-33-29(27)21-22)32-14-5-16-34-17-6-18-35(20-19-34)30-25-9-3-1-7-23(25)24-8-2-4-10-26(24)30;30-21-10-11-26-27(12-13-31-28(26)20-21)32-14-17-33-15-5-16-34(19-18-33)29-24-8-3-1-6-22(24)23-7-2-4-9-25(23)29/h6-12,16,23,26,33H,3-5,13-15,17-22,24H2,1-2H3,(H,34,35);1-3,6-14,16,22,30H,4-5,15,17-21H2,(H,33,34);1-4,7-13,15,21,30H,5-6,14,16-20H2,(H,32,33);1-4,6-13,20,29H,5,14-19H2,(H,31,32). The van der Waals surface area contributed by atoms with E-state index in [9.17, 15) is 0 Å². The van der Waals surface area contributed by atoms with Crippen LogP contribution in [0.3, 0.4) is 0 Å². The van der Waals surface area contributed by atoms with Gasteiger partial charge >= 0.3 is 0 Å². The molecule has 4 saturated heterocycles. The molecule has 15 aromatic rings. The van der Waals surface area contributed by atoms with Gasteiger partial charge in [-0.2, -0.15) is 0 Å². The topological polar surface area (TPSA) is 147 Å². The van der Waals surface area contributed by atoms with Crippen molar-refractivity contribution in [2.75, 3.05) is 205 Å². The van der Waals surface area contributed by atoms with Crippen LogP contribution in [0.5, 0.6) is 5.75 Å². The zero-order valence-corrected chi connectivity index (χ0v) is 86.5. The fourth-order valence-electron chi connectivity index (χ4n) is 22.0. The minimum atomic E-state index is 0.249. The minimum absolute atomic E-state index is 0.249. The summed E-state index contributed by atoms with van der Waals surface area (Å²) in [4.78, 5) is 38.9. The summed E-state index contributed by atoms with van der Waals surface area (Å²) in [5.74, 6) is 1.72.